The molecule has 0 aliphatic carbocycles. The standard InChI is InChI=1S/C18H21N7O/c1-13-21-14(2)25(22-13)11-17(26)23-7-9-24(10-8-23)18-15-5-3-4-6-16(15)19-12-20-18/h3-6,12H,7-11H2,1-2H3. The van der Waals surface area contributed by atoms with Crippen molar-refractivity contribution in [3.63, 3.8) is 0 Å². The topological polar surface area (TPSA) is 80.0 Å². The molecule has 2 aromatic heterocycles. The lowest BCUT2D eigenvalue weighted by Gasteiger charge is -2.35. The summed E-state index contributed by atoms with van der Waals surface area (Å²) >= 11 is 0. The maximum Gasteiger partial charge on any atom is 0.244 e. The molecule has 1 fully saturated rings. The van der Waals surface area contributed by atoms with Crippen LogP contribution in [0.1, 0.15) is 11.6 Å². The van der Waals surface area contributed by atoms with Crippen LogP contribution in [0.5, 0.6) is 0 Å². The fourth-order valence-corrected chi connectivity index (χ4v) is 3.35. The summed E-state index contributed by atoms with van der Waals surface area (Å²) in [6.07, 6.45) is 1.60. The van der Waals surface area contributed by atoms with Crippen LogP contribution in [0.2, 0.25) is 0 Å². The number of nitrogens with zero attached hydrogens (tertiary/aromatic N) is 7. The number of rotatable bonds is 3. The van der Waals surface area contributed by atoms with Gasteiger partial charge >= 0.3 is 0 Å². The van der Waals surface area contributed by atoms with Gasteiger partial charge in [-0.25, -0.2) is 19.6 Å². The second-order valence-corrected chi connectivity index (χ2v) is 6.45. The second-order valence-electron chi connectivity index (χ2n) is 6.45. The number of hydrogen-bond donors (Lipinski definition) is 0. The van der Waals surface area contributed by atoms with Gasteiger partial charge in [0, 0.05) is 31.6 Å². The molecule has 1 aliphatic rings. The predicted octanol–water partition coefficient (Wildman–Crippen LogP) is 1.19. The fourth-order valence-electron chi connectivity index (χ4n) is 3.35. The first kappa shape index (κ1) is 16.4. The van der Waals surface area contributed by atoms with Crippen LogP contribution < -0.4 is 4.90 Å². The third kappa shape index (κ3) is 3.10. The van der Waals surface area contributed by atoms with Crippen molar-refractivity contribution in [3.05, 3.63) is 42.2 Å². The van der Waals surface area contributed by atoms with E-state index in [9.17, 15) is 4.79 Å². The van der Waals surface area contributed by atoms with Gasteiger partial charge in [-0.3, -0.25) is 4.79 Å². The Hall–Kier alpha value is -3.03. The van der Waals surface area contributed by atoms with E-state index in [1.54, 1.807) is 11.0 Å². The third-order valence-electron chi connectivity index (χ3n) is 4.70. The van der Waals surface area contributed by atoms with Crippen molar-refractivity contribution < 1.29 is 4.79 Å². The van der Waals surface area contributed by atoms with Crippen LogP contribution in [0.4, 0.5) is 5.82 Å². The number of aryl methyl sites for hydroxylation is 2. The SMILES string of the molecule is Cc1nc(C)n(CC(=O)N2CCN(c3ncnc4ccccc34)CC2)n1. The van der Waals surface area contributed by atoms with Gasteiger partial charge in [0.05, 0.1) is 5.52 Å². The number of carbonyl (C=O) groups is 1. The van der Waals surface area contributed by atoms with Crippen molar-refractivity contribution in [1.29, 1.82) is 0 Å². The minimum atomic E-state index is 0.0743. The molecule has 0 saturated carbocycles. The summed E-state index contributed by atoms with van der Waals surface area (Å²) in [6, 6.07) is 8.00. The lowest BCUT2D eigenvalue weighted by molar-refractivity contribution is -0.132. The van der Waals surface area contributed by atoms with Crippen molar-refractivity contribution in [1.82, 2.24) is 29.6 Å². The van der Waals surface area contributed by atoms with Crippen molar-refractivity contribution >= 4 is 22.6 Å². The average molecular weight is 351 g/mol. The molecular formula is C18H21N7O. The highest BCUT2D eigenvalue weighted by Gasteiger charge is 2.23. The monoisotopic (exact) mass is 351 g/mol. The highest BCUT2D eigenvalue weighted by Crippen LogP contribution is 2.23. The summed E-state index contributed by atoms with van der Waals surface area (Å²) < 4.78 is 1.67. The van der Waals surface area contributed by atoms with Gasteiger partial charge < -0.3 is 9.80 Å². The number of hydrogen-bond acceptors (Lipinski definition) is 6. The Kier molecular flexibility index (Phi) is 4.24. The smallest absolute Gasteiger partial charge is 0.244 e. The van der Waals surface area contributed by atoms with E-state index in [0.29, 0.717) is 18.9 Å². The molecule has 8 heteroatoms. The molecule has 0 N–H and O–H groups in total. The molecule has 0 bridgehead atoms. The molecule has 0 radical (unpaired) electrons. The number of amides is 1. The summed E-state index contributed by atoms with van der Waals surface area (Å²) in [7, 11) is 0. The highest BCUT2D eigenvalue weighted by atomic mass is 16.2. The van der Waals surface area contributed by atoms with Gasteiger partial charge in [0.15, 0.2) is 0 Å². The molecule has 0 atom stereocenters. The first-order valence-electron chi connectivity index (χ1n) is 8.72. The van der Waals surface area contributed by atoms with Gasteiger partial charge in [0.2, 0.25) is 5.91 Å². The van der Waals surface area contributed by atoms with E-state index in [0.717, 1.165) is 35.6 Å². The Morgan fingerprint density at radius 3 is 2.58 bits per heavy atom. The zero-order valence-corrected chi connectivity index (χ0v) is 15.0. The molecule has 4 rings (SSSR count). The molecule has 8 nitrogen and oxygen atoms in total. The Morgan fingerprint density at radius 1 is 1.08 bits per heavy atom. The normalized spacial score (nSPS) is 14.8. The van der Waals surface area contributed by atoms with Gasteiger partial charge in [0.1, 0.15) is 30.3 Å². The van der Waals surface area contributed by atoms with E-state index in [-0.39, 0.29) is 12.5 Å². The number of piperazine rings is 1. The summed E-state index contributed by atoms with van der Waals surface area (Å²) in [5.41, 5.74) is 0.938. The largest absolute Gasteiger partial charge is 0.352 e. The number of carbonyl (C=O) groups excluding carboxylic acids is 1. The summed E-state index contributed by atoms with van der Waals surface area (Å²) in [5.74, 6) is 2.47. The molecule has 1 amide bonds. The zero-order valence-electron chi connectivity index (χ0n) is 15.0. The molecule has 134 valence electrons. The third-order valence-corrected chi connectivity index (χ3v) is 4.70. The molecule has 1 aliphatic heterocycles. The van der Waals surface area contributed by atoms with Gasteiger partial charge in [-0.1, -0.05) is 12.1 Å². The molecule has 0 unspecified atom stereocenters. The van der Waals surface area contributed by atoms with Crippen molar-refractivity contribution in [2.45, 2.75) is 20.4 Å². The van der Waals surface area contributed by atoms with Crippen molar-refractivity contribution in [2.75, 3.05) is 31.1 Å². The summed E-state index contributed by atoms with van der Waals surface area (Å²) in [5, 5.41) is 5.32. The van der Waals surface area contributed by atoms with Crippen LogP contribution in [0.25, 0.3) is 10.9 Å². The summed E-state index contributed by atoms with van der Waals surface area (Å²) in [4.78, 5) is 29.7. The predicted molar refractivity (Wildman–Crippen MR) is 97.8 cm³/mol. The molecular weight excluding hydrogens is 330 g/mol. The number of benzene rings is 1. The van der Waals surface area contributed by atoms with Gasteiger partial charge in [-0.2, -0.15) is 5.10 Å². The van der Waals surface area contributed by atoms with E-state index in [1.807, 2.05) is 43.0 Å². The summed E-state index contributed by atoms with van der Waals surface area (Å²) in [6.45, 7) is 6.78. The second kappa shape index (κ2) is 6.70. The lowest BCUT2D eigenvalue weighted by Crippen LogP contribution is -2.50. The van der Waals surface area contributed by atoms with E-state index in [4.69, 9.17) is 0 Å². The Morgan fingerprint density at radius 2 is 1.85 bits per heavy atom. The molecule has 1 aromatic carbocycles. The Labute approximate surface area is 151 Å². The van der Waals surface area contributed by atoms with E-state index >= 15 is 0 Å². The fraction of sp³-hybridized carbons (Fsp3) is 0.389. The number of aromatic nitrogens is 5. The first-order valence-corrected chi connectivity index (χ1v) is 8.72. The Balaban J connectivity index is 1.44. The minimum absolute atomic E-state index is 0.0743. The van der Waals surface area contributed by atoms with Crippen molar-refractivity contribution in [2.24, 2.45) is 0 Å². The number of anilines is 1. The Bertz CT molecular complexity index is 938. The van der Waals surface area contributed by atoms with E-state index < -0.39 is 0 Å². The molecule has 1 saturated heterocycles. The van der Waals surface area contributed by atoms with Crippen LogP contribution in [0.15, 0.2) is 30.6 Å². The van der Waals surface area contributed by atoms with Gasteiger partial charge in [-0.15, -0.1) is 0 Å². The van der Waals surface area contributed by atoms with Crippen molar-refractivity contribution in [3.8, 4) is 0 Å². The average Bonchev–Trinajstić information content (AvgIpc) is 2.98. The van der Waals surface area contributed by atoms with Crippen LogP contribution in [0, 0.1) is 13.8 Å². The van der Waals surface area contributed by atoms with Crippen LogP contribution >= 0.6 is 0 Å². The number of fused-ring (bicyclic) bond motifs is 1. The molecule has 26 heavy (non-hydrogen) atoms. The van der Waals surface area contributed by atoms with Crippen LogP contribution in [-0.2, 0) is 11.3 Å². The number of para-hydroxylation sites is 1. The maximum atomic E-state index is 12.6. The maximum absolute atomic E-state index is 12.6. The molecule has 0 spiro atoms. The highest BCUT2D eigenvalue weighted by molar-refractivity contribution is 5.89. The quantitative estimate of drug-likeness (QED) is 0.705. The van der Waals surface area contributed by atoms with E-state index in [2.05, 4.69) is 25.0 Å². The first-order chi connectivity index (χ1) is 12.6. The zero-order chi connectivity index (χ0) is 18.1. The van der Waals surface area contributed by atoms with Gasteiger partial charge in [0.25, 0.3) is 0 Å². The van der Waals surface area contributed by atoms with E-state index in [1.165, 1.54) is 0 Å². The van der Waals surface area contributed by atoms with Crippen LogP contribution in [-0.4, -0.2) is 61.7 Å². The lowest BCUT2D eigenvalue weighted by atomic mass is 10.2. The molecule has 3 heterocycles. The molecule has 3 aromatic rings. The van der Waals surface area contributed by atoms with Crippen LogP contribution in [0.3, 0.4) is 0 Å². The minimum Gasteiger partial charge on any atom is -0.352 e. The van der Waals surface area contributed by atoms with Gasteiger partial charge in [-0.05, 0) is 26.0 Å².